The Balaban J connectivity index is 3.49. The van der Waals surface area contributed by atoms with Crippen LogP contribution in [-0.2, 0) is 0 Å². The van der Waals surface area contributed by atoms with E-state index in [0.29, 0.717) is 5.75 Å². The van der Waals surface area contributed by atoms with Crippen LogP contribution in [0.3, 0.4) is 0 Å². The van der Waals surface area contributed by atoms with Crippen LogP contribution >= 0.6 is 0 Å². The van der Waals surface area contributed by atoms with Crippen LogP contribution in [0, 0.1) is 18.3 Å². The normalized spacial score (nSPS) is 9.21. The maximum absolute atomic E-state index is 11.0. The number of benzene rings is 1. The average Bonchev–Trinajstić information content (AvgIpc) is 2.16. The molecule has 14 heavy (non-hydrogen) atoms. The molecule has 0 unspecified atom stereocenters. The van der Waals surface area contributed by atoms with Gasteiger partial charge >= 0.3 is 0 Å². The summed E-state index contributed by atoms with van der Waals surface area (Å²) in [5, 5.41) is 8.83. The van der Waals surface area contributed by atoms with E-state index >= 15 is 0 Å². The molecule has 0 spiro atoms. The molecule has 0 aromatic heterocycles. The first-order valence-electron chi connectivity index (χ1n) is 3.98. The highest BCUT2D eigenvalue weighted by Crippen LogP contribution is 2.23. The lowest BCUT2D eigenvalue weighted by Crippen LogP contribution is -2.13. The van der Waals surface area contributed by atoms with Gasteiger partial charge in [-0.3, -0.25) is 4.79 Å². The molecule has 0 saturated carbocycles. The summed E-state index contributed by atoms with van der Waals surface area (Å²) in [4.78, 5) is 11.0. The first kappa shape index (κ1) is 10.1. The second-order valence-electron chi connectivity index (χ2n) is 2.87. The van der Waals surface area contributed by atoms with E-state index in [9.17, 15) is 4.79 Å². The zero-order valence-corrected chi connectivity index (χ0v) is 8.00. The summed E-state index contributed by atoms with van der Waals surface area (Å²) >= 11 is 0. The van der Waals surface area contributed by atoms with Crippen LogP contribution in [0.15, 0.2) is 12.1 Å². The topological polar surface area (TPSA) is 76.1 Å². The highest BCUT2D eigenvalue weighted by Gasteiger charge is 2.13. The molecule has 0 aliphatic rings. The number of rotatable bonds is 2. The van der Waals surface area contributed by atoms with Gasteiger partial charge in [-0.2, -0.15) is 5.26 Å². The van der Waals surface area contributed by atoms with Gasteiger partial charge in [-0.25, -0.2) is 0 Å². The van der Waals surface area contributed by atoms with Crippen molar-refractivity contribution in [2.45, 2.75) is 6.92 Å². The van der Waals surface area contributed by atoms with Crippen molar-refractivity contribution >= 4 is 5.91 Å². The number of aryl methyl sites for hydroxylation is 1. The zero-order valence-electron chi connectivity index (χ0n) is 8.00. The van der Waals surface area contributed by atoms with Crippen molar-refractivity contribution in [3.05, 3.63) is 28.8 Å². The van der Waals surface area contributed by atoms with Crippen molar-refractivity contribution in [3.63, 3.8) is 0 Å². The molecule has 1 amide bonds. The summed E-state index contributed by atoms with van der Waals surface area (Å²) < 4.78 is 4.98. The van der Waals surface area contributed by atoms with Crippen LogP contribution in [-0.4, -0.2) is 13.0 Å². The third-order valence-corrected chi connectivity index (χ3v) is 1.84. The highest BCUT2D eigenvalue weighted by molar-refractivity contribution is 5.96. The van der Waals surface area contributed by atoms with Gasteiger partial charge in [0, 0.05) is 0 Å². The number of primary amides is 1. The van der Waals surface area contributed by atoms with Gasteiger partial charge < -0.3 is 10.5 Å². The molecule has 1 rings (SSSR count). The van der Waals surface area contributed by atoms with Gasteiger partial charge in [-0.1, -0.05) is 0 Å². The van der Waals surface area contributed by atoms with Crippen molar-refractivity contribution in [2.24, 2.45) is 5.73 Å². The lowest BCUT2D eigenvalue weighted by Gasteiger charge is -2.07. The maximum Gasteiger partial charge on any atom is 0.250 e. The molecular formula is C10H10N2O2. The van der Waals surface area contributed by atoms with Gasteiger partial charge in [0.05, 0.1) is 12.7 Å². The Kier molecular flexibility index (Phi) is 2.73. The second kappa shape index (κ2) is 3.79. The quantitative estimate of drug-likeness (QED) is 0.755. The number of hydrogen-bond donors (Lipinski definition) is 1. The molecule has 4 heteroatoms. The standard InChI is InChI=1S/C10H10N2O2/c1-6-3-7(10(12)13)8(5-11)9(4-6)14-2/h3-4H,1-2H3,(H2,12,13). The van der Waals surface area contributed by atoms with Crippen LogP contribution in [0.2, 0.25) is 0 Å². The summed E-state index contributed by atoms with van der Waals surface area (Å²) in [6.07, 6.45) is 0. The zero-order chi connectivity index (χ0) is 10.7. The van der Waals surface area contributed by atoms with Crippen LogP contribution in [0.25, 0.3) is 0 Å². The number of ether oxygens (including phenoxy) is 1. The largest absolute Gasteiger partial charge is 0.495 e. The van der Waals surface area contributed by atoms with E-state index in [2.05, 4.69) is 0 Å². The van der Waals surface area contributed by atoms with Crippen LogP contribution in [0.5, 0.6) is 5.75 Å². The molecule has 0 atom stereocenters. The van der Waals surface area contributed by atoms with Crippen LogP contribution < -0.4 is 10.5 Å². The monoisotopic (exact) mass is 190 g/mol. The minimum atomic E-state index is -0.622. The predicted octanol–water partition coefficient (Wildman–Crippen LogP) is 0.974. The summed E-state index contributed by atoms with van der Waals surface area (Å²) in [5.41, 5.74) is 6.35. The molecule has 0 heterocycles. The Morgan fingerprint density at radius 1 is 1.57 bits per heavy atom. The molecule has 0 radical (unpaired) electrons. The molecule has 0 fully saturated rings. The van der Waals surface area contributed by atoms with Crippen molar-refractivity contribution in [1.82, 2.24) is 0 Å². The smallest absolute Gasteiger partial charge is 0.250 e. The van der Waals surface area contributed by atoms with Gasteiger partial charge in [-0.05, 0) is 24.6 Å². The van der Waals surface area contributed by atoms with Gasteiger partial charge in [0.15, 0.2) is 0 Å². The Hall–Kier alpha value is -2.02. The molecule has 2 N–H and O–H groups in total. The van der Waals surface area contributed by atoms with E-state index in [1.54, 1.807) is 19.1 Å². The summed E-state index contributed by atoms with van der Waals surface area (Å²) in [6.45, 7) is 1.80. The molecule has 1 aromatic carbocycles. The van der Waals surface area contributed by atoms with E-state index < -0.39 is 5.91 Å². The minimum absolute atomic E-state index is 0.186. The Labute approximate surface area is 81.9 Å². The highest BCUT2D eigenvalue weighted by atomic mass is 16.5. The van der Waals surface area contributed by atoms with Gasteiger partial charge in [0.2, 0.25) is 5.91 Å². The Bertz CT molecular complexity index is 419. The second-order valence-corrected chi connectivity index (χ2v) is 2.87. The predicted molar refractivity (Wildman–Crippen MR) is 51.0 cm³/mol. The Morgan fingerprint density at radius 3 is 2.64 bits per heavy atom. The molecule has 72 valence electrons. The number of methoxy groups -OCH3 is 1. The number of amides is 1. The van der Waals surface area contributed by atoms with Crippen LogP contribution in [0.1, 0.15) is 21.5 Å². The van der Waals surface area contributed by atoms with Crippen molar-refractivity contribution < 1.29 is 9.53 Å². The number of nitriles is 1. The summed E-state index contributed by atoms with van der Waals surface area (Å²) in [7, 11) is 1.44. The fraction of sp³-hybridized carbons (Fsp3) is 0.200. The first-order chi connectivity index (χ1) is 6.60. The van der Waals surface area contributed by atoms with Crippen molar-refractivity contribution in [2.75, 3.05) is 7.11 Å². The van der Waals surface area contributed by atoms with E-state index in [4.69, 9.17) is 15.7 Å². The minimum Gasteiger partial charge on any atom is -0.495 e. The number of carbonyl (C=O) groups is 1. The maximum atomic E-state index is 11.0. The third-order valence-electron chi connectivity index (χ3n) is 1.84. The number of carbonyl (C=O) groups excluding carboxylic acids is 1. The molecular weight excluding hydrogens is 180 g/mol. The Morgan fingerprint density at radius 2 is 2.21 bits per heavy atom. The van der Waals surface area contributed by atoms with Gasteiger partial charge in [-0.15, -0.1) is 0 Å². The van der Waals surface area contributed by atoms with E-state index in [1.165, 1.54) is 7.11 Å². The van der Waals surface area contributed by atoms with E-state index in [-0.39, 0.29) is 11.1 Å². The lowest BCUT2D eigenvalue weighted by atomic mass is 10.0. The first-order valence-corrected chi connectivity index (χ1v) is 3.98. The fourth-order valence-corrected chi connectivity index (χ4v) is 1.22. The molecule has 0 aliphatic heterocycles. The summed E-state index contributed by atoms with van der Waals surface area (Å²) in [6, 6.07) is 5.16. The van der Waals surface area contributed by atoms with Crippen molar-refractivity contribution in [1.29, 1.82) is 5.26 Å². The average molecular weight is 190 g/mol. The molecule has 0 aliphatic carbocycles. The number of hydrogen-bond acceptors (Lipinski definition) is 3. The SMILES string of the molecule is COc1cc(C)cc(C(N)=O)c1C#N. The number of nitrogens with zero attached hydrogens (tertiary/aromatic N) is 1. The third kappa shape index (κ3) is 1.67. The fourth-order valence-electron chi connectivity index (χ4n) is 1.22. The molecule has 1 aromatic rings. The number of nitrogens with two attached hydrogens (primary N) is 1. The lowest BCUT2D eigenvalue weighted by molar-refractivity contribution is 0.0999. The van der Waals surface area contributed by atoms with Crippen LogP contribution in [0.4, 0.5) is 0 Å². The van der Waals surface area contributed by atoms with Gasteiger partial charge in [0.25, 0.3) is 0 Å². The summed E-state index contributed by atoms with van der Waals surface area (Å²) in [5.74, 6) is -0.246. The molecule has 0 saturated heterocycles. The van der Waals surface area contributed by atoms with Crippen molar-refractivity contribution in [3.8, 4) is 11.8 Å². The van der Waals surface area contributed by atoms with Gasteiger partial charge in [0.1, 0.15) is 17.4 Å². The van der Waals surface area contributed by atoms with E-state index in [1.807, 2.05) is 6.07 Å². The molecule has 0 bridgehead atoms. The molecule has 4 nitrogen and oxygen atoms in total. The van der Waals surface area contributed by atoms with E-state index in [0.717, 1.165) is 5.56 Å².